The van der Waals surface area contributed by atoms with Gasteiger partial charge < -0.3 is 10.0 Å². The summed E-state index contributed by atoms with van der Waals surface area (Å²) in [6, 6.07) is 3.49. The van der Waals surface area contributed by atoms with E-state index < -0.39 is 11.6 Å². The number of carbonyl (C=O) groups excluding carboxylic acids is 1. The lowest BCUT2D eigenvalue weighted by Crippen LogP contribution is -2.48. The lowest BCUT2D eigenvalue weighted by Gasteiger charge is -2.33. The van der Waals surface area contributed by atoms with Crippen molar-refractivity contribution in [3.63, 3.8) is 0 Å². The van der Waals surface area contributed by atoms with Gasteiger partial charge in [0.1, 0.15) is 0 Å². The van der Waals surface area contributed by atoms with Gasteiger partial charge in [0, 0.05) is 18.9 Å². The standard InChI is InChI=1S/C12H16N2O2/c1-12(2)10(15)5-7-14(12)11(16)9-4-3-6-13-8-9/h3-4,6,8,10,15H,5,7H2,1-2H3. The Morgan fingerprint density at radius 2 is 2.38 bits per heavy atom. The third-order valence-corrected chi connectivity index (χ3v) is 3.29. The summed E-state index contributed by atoms with van der Waals surface area (Å²) in [6.07, 6.45) is 3.39. The summed E-state index contributed by atoms with van der Waals surface area (Å²) in [5, 5.41) is 9.81. The van der Waals surface area contributed by atoms with Gasteiger partial charge in [0.2, 0.25) is 0 Å². The number of hydrogen-bond donors (Lipinski definition) is 1. The Morgan fingerprint density at radius 3 is 2.88 bits per heavy atom. The summed E-state index contributed by atoms with van der Waals surface area (Å²) in [5.41, 5.74) is 0.0806. The van der Waals surface area contributed by atoms with Gasteiger partial charge in [0.15, 0.2) is 0 Å². The quantitative estimate of drug-likeness (QED) is 0.770. The Hall–Kier alpha value is -1.42. The highest BCUT2D eigenvalue weighted by molar-refractivity contribution is 5.94. The van der Waals surface area contributed by atoms with Crippen LogP contribution in [0.1, 0.15) is 30.6 Å². The molecular weight excluding hydrogens is 204 g/mol. The Balaban J connectivity index is 2.24. The first-order valence-corrected chi connectivity index (χ1v) is 5.43. The number of amides is 1. The molecule has 1 N–H and O–H groups in total. The molecule has 86 valence electrons. The average Bonchev–Trinajstić information content (AvgIpc) is 2.54. The minimum atomic E-state index is -0.493. The van der Waals surface area contributed by atoms with Gasteiger partial charge in [-0.3, -0.25) is 9.78 Å². The van der Waals surface area contributed by atoms with Gasteiger partial charge >= 0.3 is 0 Å². The van der Waals surface area contributed by atoms with E-state index in [-0.39, 0.29) is 5.91 Å². The van der Waals surface area contributed by atoms with Crippen molar-refractivity contribution in [2.24, 2.45) is 0 Å². The predicted molar refractivity (Wildman–Crippen MR) is 60.0 cm³/mol. The Kier molecular flexibility index (Phi) is 2.68. The number of aliphatic hydroxyl groups excluding tert-OH is 1. The summed E-state index contributed by atoms with van der Waals surface area (Å²) >= 11 is 0. The number of carbonyl (C=O) groups is 1. The minimum Gasteiger partial charge on any atom is -0.391 e. The van der Waals surface area contributed by atoms with Gasteiger partial charge in [-0.15, -0.1) is 0 Å². The Morgan fingerprint density at radius 1 is 1.62 bits per heavy atom. The molecule has 1 aromatic rings. The van der Waals surface area contributed by atoms with E-state index in [1.165, 1.54) is 0 Å². The van der Waals surface area contributed by atoms with Gasteiger partial charge in [0.05, 0.1) is 17.2 Å². The van der Waals surface area contributed by atoms with Crippen molar-refractivity contribution in [1.29, 1.82) is 0 Å². The van der Waals surface area contributed by atoms with Crippen LogP contribution >= 0.6 is 0 Å². The number of aromatic nitrogens is 1. The van der Waals surface area contributed by atoms with Crippen molar-refractivity contribution in [3.8, 4) is 0 Å². The van der Waals surface area contributed by atoms with Crippen molar-refractivity contribution in [3.05, 3.63) is 30.1 Å². The smallest absolute Gasteiger partial charge is 0.255 e. The molecule has 1 fully saturated rings. The van der Waals surface area contributed by atoms with Gasteiger partial charge in [-0.05, 0) is 32.4 Å². The molecule has 2 rings (SSSR count). The van der Waals surface area contributed by atoms with Gasteiger partial charge in [-0.1, -0.05) is 0 Å². The van der Waals surface area contributed by atoms with E-state index >= 15 is 0 Å². The van der Waals surface area contributed by atoms with Crippen LogP contribution in [0.2, 0.25) is 0 Å². The normalized spacial score (nSPS) is 23.4. The van der Waals surface area contributed by atoms with Crippen molar-refractivity contribution < 1.29 is 9.90 Å². The number of rotatable bonds is 1. The van der Waals surface area contributed by atoms with Crippen LogP contribution < -0.4 is 0 Å². The molecule has 4 nitrogen and oxygen atoms in total. The van der Waals surface area contributed by atoms with Crippen LogP contribution in [0.5, 0.6) is 0 Å². The molecule has 0 aliphatic carbocycles. The zero-order valence-corrected chi connectivity index (χ0v) is 9.55. The second kappa shape index (κ2) is 3.87. The third kappa shape index (κ3) is 1.69. The number of aliphatic hydroxyl groups is 1. The minimum absolute atomic E-state index is 0.0605. The lowest BCUT2D eigenvalue weighted by molar-refractivity contribution is 0.0394. The molecule has 0 saturated carbocycles. The lowest BCUT2D eigenvalue weighted by atomic mass is 9.98. The van der Waals surface area contributed by atoms with Gasteiger partial charge in [-0.2, -0.15) is 0 Å². The molecule has 16 heavy (non-hydrogen) atoms. The zero-order chi connectivity index (χ0) is 11.8. The molecule has 2 heterocycles. The highest BCUT2D eigenvalue weighted by atomic mass is 16.3. The van der Waals surface area contributed by atoms with Crippen LogP contribution in [-0.2, 0) is 0 Å². The summed E-state index contributed by atoms with van der Waals surface area (Å²) in [6.45, 7) is 4.37. The fraction of sp³-hybridized carbons (Fsp3) is 0.500. The number of nitrogens with zero attached hydrogens (tertiary/aromatic N) is 2. The van der Waals surface area contributed by atoms with Crippen LogP contribution in [0.3, 0.4) is 0 Å². The SMILES string of the molecule is CC1(C)C(O)CCN1C(=O)c1cccnc1. The fourth-order valence-corrected chi connectivity index (χ4v) is 2.08. The molecule has 1 aliphatic rings. The topological polar surface area (TPSA) is 53.4 Å². The fourth-order valence-electron chi connectivity index (χ4n) is 2.08. The van der Waals surface area contributed by atoms with Crippen LogP contribution in [0.4, 0.5) is 0 Å². The number of hydrogen-bond acceptors (Lipinski definition) is 3. The Labute approximate surface area is 94.9 Å². The third-order valence-electron chi connectivity index (χ3n) is 3.29. The summed E-state index contributed by atoms with van der Waals surface area (Å²) < 4.78 is 0. The maximum Gasteiger partial charge on any atom is 0.255 e. The van der Waals surface area contributed by atoms with Gasteiger partial charge in [0.25, 0.3) is 5.91 Å². The Bertz CT molecular complexity index is 389. The number of likely N-dealkylation sites (tertiary alicyclic amines) is 1. The van der Waals surface area contributed by atoms with Crippen molar-refractivity contribution in [2.45, 2.75) is 31.9 Å². The molecule has 0 spiro atoms. The predicted octanol–water partition coefficient (Wildman–Crippen LogP) is 1.07. The van der Waals surface area contributed by atoms with E-state index in [1.54, 1.807) is 29.4 Å². The maximum atomic E-state index is 12.2. The monoisotopic (exact) mass is 220 g/mol. The van der Waals surface area contributed by atoms with Crippen LogP contribution in [0.25, 0.3) is 0 Å². The molecule has 1 unspecified atom stereocenters. The number of pyridine rings is 1. The molecule has 1 amide bonds. The second-order valence-corrected chi connectivity index (χ2v) is 4.66. The van der Waals surface area contributed by atoms with E-state index in [4.69, 9.17) is 0 Å². The molecular formula is C12H16N2O2. The molecule has 4 heteroatoms. The molecule has 1 saturated heterocycles. The molecule has 0 radical (unpaired) electrons. The molecule has 0 aromatic carbocycles. The summed E-state index contributed by atoms with van der Waals surface area (Å²) in [4.78, 5) is 17.8. The largest absolute Gasteiger partial charge is 0.391 e. The van der Waals surface area contributed by atoms with Crippen molar-refractivity contribution in [2.75, 3.05) is 6.54 Å². The van der Waals surface area contributed by atoms with Gasteiger partial charge in [-0.25, -0.2) is 0 Å². The average molecular weight is 220 g/mol. The van der Waals surface area contributed by atoms with E-state index in [2.05, 4.69) is 4.98 Å². The van der Waals surface area contributed by atoms with E-state index in [0.717, 1.165) is 0 Å². The second-order valence-electron chi connectivity index (χ2n) is 4.66. The van der Waals surface area contributed by atoms with Crippen molar-refractivity contribution >= 4 is 5.91 Å². The highest BCUT2D eigenvalue weighted by Gasteiger charge is 2.42. The summed E-state index contributed by atoms with van der Waals surface area (Å²) in [7, 11) is 0. The van der Waals surface area contributed by atoms with Crippen molar-refractivity contribution in [1.82, 2.24) is 9.88 Å². The van der Waals surface area contributed by atoms with Crippen LogP contribution in [-0.4, -0.2) is 39.1 Å². The maximum absolute atomic E-state index is 12.2. The molecule has 1 aromatic heterocycles. The van der Waals surface area contributed by atoms with E-state index in [1.807, 2.05) is 13.8 Å². The molecule has 1 atom stereocenters. The first-order chi connectivity index (χ1) is 7.53. The van der Waals surface area contributed by atoms with Crippen LogP contribution in [0.15, 0.2) is 24.5 Å². The summed E-state index contributed by atoms with van der Waals surface area (Å²) in [5.74, 6) is -0.0605. The van der Waals surface area contributed by atoms with E-state index in [0.29, 0.717) is 18.5 Å². The van der Waals surface area contributed by atoms with E-state index in [9.17, 15) is 9.90 Å². The van der Waals surface area contributed by atoms with Crippen LogP contribution in [0, 0.1) is 0 Å². The first kappa shape index (κ1) is 11.1. The molecule has 0 bridgehead atoms. The first-order valence-electron chi connectivity index (χ1n) is 5.43. The molecule has 1 aliphatic heterocycles. The highest BCUT2D eigenvalue weighted by Crippen LogP contribution is 2.30. The zero-order valence-electron chi connectivity index (χ0n) is 9.55.